The molecule has 18 heavy (non-hydrogen) atoms. The van der Waals surface area contributed by atoms with Crippen LogP contribution in [0, 0.1) is 0 Å². The Morgan fingerprint density at radius 3 is 2.94 bits per heavy atom. The summed E-state index contributed by atoms with van der Waals surface area (Å²) in [5.41, 5.74) is 2.86. The lowest BCUT2D eigenvalue weighted by Gasteiger charge is -2.23. The SMILES string of the molecule is CCNC(/C1=C/CCCCCC1)c1cccnc1. The van der Waals surface area contributed by atoms with Gasteiger partial charge < -0.3 is 5.32 Å². The first-order chi connectivity index (χ1) is 8.92. The topological polar surface area (TPSA) is 24.9 Å². The highest BCUT2D eigenvalue weighted by Gasteiger charge is 2.16. The highest BCUT2D eigenvalue weighted by Crippen LogP contribution is 2.28. The maximum atomic E-state index is 4.26. The molecule has 0 fully saturated rings. The number of allylic oxidation sites excluding steroid dienone is 1. The van der Waals surface area contributed by atoms with E-state index in [-0.39, 0.29) is 0 Å². The van der Waals surface area contributed by atoms with Gasteiger partial charge in [0.25, 0.3) is 0 Å². The number of hydrogen-bond donors (Lipinski definition) is 1. The van der Waals surface area contributed by atoms with E-state index >= 15 is 0 Å². The molecule has 0 amide bonds. The average molecular weight is 244 g/mol. The first kappa shape index (κ1) is 13.3. The van der Waals surface area contributed by atoms with Crippen LogP contribution < -0.4 is 5.32 Å². The van der Waals surface area contributed by atoms with E-state index in [1.807, 2.05) is 18.5 Å². The van der Waals surface area contributed by atoms with Gasteiger partial charge in [-0.2, -0.15) is 0 Å². The van der Waals surface area contributed by atoms with Crippen LogP contribution in [0.25, 0.3) is 0 Å². The van der Waals surface area contributed by atoms with Crippen LogP contribution in [0.5, 0.6) is 0 Å². The van der Waals surface area contributed by atoms with Crippen molar-refractivity contribution in [2.24, 2.45) is 0 Å². The first-order valence-corrected chi connectivity index (χ1v) is 7.24. The van der Waals surface area contributed by atoms with Crippen LogP contribution in [0.2, 0.25) is 0 Å². The molecule has 0 saturated heterocycles. The second kappa shape index (κ2) is 7.32. The van der Waals surface area contributed by atoms with Crippen LogP contribution in [-0.2, 0) is 0 Å². The summed E-state index contributed by atoms with van der Waals surface area (Å²) in [6.07, 6.45) is 14.2. The normalized spacial score (nSPS) is 21.5. The smallest absolute Gasteiger partial charge is 0.0551 e. The van der Waals surface area contributed by atoms with Gasteiger partial charge in [0.05, 0.1) is 6.04 Å². The minimum absolute atomic E-state index is 0.363. The summed E-state index contributed by atoms with van der Waals surface area (Å²) in [6, 6.07) is 4.57. The molecule has 0 bridgehead atoms. The van der Waals surface area contributed by atoms with Gasteiger partial charge in [-0.3, -0.25) is 4.98 Å². The number of rotatable bonds is 4. The van der Waals surface area contributed by atoms with Crippen molar-refractivity contribution < 1.29 is 0 Å². The first-order valence-electron chi connectivity index (χ1n) is 7.24. The fraction of sp³-hybridized carbons (Fsp3) is 0.562. The number of likely N-dealkylation sites (N-methyl/N-ethyl adjacent to an activating group) is 1. The van der Waals surface area contributed by atoms with E-state index in [0.29, 0.717) is 6.04 Å². The Bertz CT molecular complexity index is 370. The summed E-state index contributed by atoms with van der Waals surface area (Å²) in [4.78, 5) is 4.26. The highest BCUT2D eigenvalue weighted by atomic mass is 14.9. The lowest BCUT2D eigenvalue weighted by molar-refractivity contribution is 0.553. The Kier molecular flexibility index (Phi) is 5.40. The van der Waals surface area contributed by atoms with Crippen LogP contribution in [-0.4, -0.2) is 11.5 Å². The summed E-state index contributed by atoms with van der Waals surface area (Å²) in [6.45, 7) is 3.17. The number of aromatic nitrogens is 1. The molecule has 1 atom stereocenters. The molecule has 1 aromatic heterocycles. The van der Waals surface area contributed by atoms with Crippen molar-refractivity contribution in [3.05, 3.63) is 41.7 Å². The van der Waals surface area contributed by atoms with Gasteiger partial charge >= 0.3 is 0 Å². The molecular weight excluding hydrogens is 220 g/mol. The Morgan fingerprint density at radius 2 is 2.17 bits per heavy atom. The Balaban J connectivity index is 2.17. The van der Waals surface area contributed by atoms with Crippen LogP contribution in [0.15, 0.2) is 36.2 Å². The quantitative estimate of drug-likeness (QED) is 0.809. The standard InChI is InChI=1S/C16H24N2/c1-2-18-16(15-11-8-12-17-13-15)14-9-6-4-3-5-7-10-14/h8-9,11-13,16,18H,2-7,10H2,1H3/b14-9+. The van der Waals surface area contributed by atoms with Crippen LogP contribution in [0.4, 0.5) is 0 Å². The molecule has 1 aromatic rings. The zero-order valence-electron chi connectivity index (χ0n) is 11.4. The van der Waals surface area contributed by atoms with E-state index in [4.69, 9.17) is 0 Å². The van der Waals surface area contributed by atoms with E-state index in [1.165, 1.54) is 44.1 Å². The lowest BCUT2D eigenvalue weighted by Crippen LogP contribution is -2.23. The predicted molar refractivity (Wildman–Crippen MR) is 76.4 cm³/mol. The second-order valence-electron chi connectivity index (χ2n) is 5.01. The molecule has 1 unspecified atom stereocenters. The zero-order chi connectivity index (χ0) is 12.6. The van der Waals surface area contributed by atoms with Crippen molar-refractivity contribution in [2.45, 2.75) is 51.5 Å². The largest absolute Gasteiger partial charge is 0.307 e. The van der Waals surface area contributed by atoms with Crippen LogP contribution in [0.1, 0.15) is 57.1 Å². The van der Waals surface area contributed by atoms with E-state index in [9.17, 15) is 0 Å². The van der Waals surface area contributed by atoms with Crippen molar-refractivity contribution >= 4 is 0 Å². The van der Waals surface area contributed by atoms with Crippen molar-refractivity contribution in [1.82, 2.24) is 10.3 Å². The number of nitrogens with zero attached hydrogens (tertiary/aromatic N) is 1. The molecule has 98 valence electrons. The van der Waals surface area contributed by atoms with Gasteiger partial charge in [0, 0.05) is 12.4 Å². The average Bonchev–Trinajstić information content (AvgIpc) is 2.38. The fourth-order valence-corrected chi connectivity index (χ4v) is 2.69. The molecule has 0 radical (unpaired) electrons. The number of hydrogen-bond acceptors (Lipinski definition) is 2. The van der Waals surface area contributed by atoms with Gasteiger partial charge in [-0.25, -0.2) is 0 Å². The van der Waals surface area contributed by atoms with Gasteiger partial charge in [0.2, 0.25) is 0 Å². The minimum atomic E-state index is 0.363. The molecule has 0 aromatic carbocycles. The number of pyridine rings is 1. The van der Waals surface area contributed by atoms with Gasteiger partial charge in [-0.05, 0) is 43.9 Å². The van der Waals surface area contributed by atoms with Crippen molar-refractivity contribution in [1.29, 1.82) is 0 Å². The number of nitrogens with one attached hydrogen (secondary N) is 1. The molecule has 1 aliphatic rings. The lowest BCUT2D eigenvalue weighted by atomic mass is 9.91. The summed E-state index contributed by atoms with van der Waals surface area (Å²) in [7, 11) is 0. The second-order valence-corrected chi connectivity index (χ2v) is 5.01. The molecule has 2 heteroatoms. The summed E-state index contributed by atoms with van der Waals surface area (Å²) in [5.74, 6) is 0. The van der Waals surface area contributed by atoms with Crippen LogP contribution >= 0.6 is 0 Å². The van der Waals surface area contributed by atoms with Gasteiger partial charge in [0.1, 0.15) is 0 Å². The maximum Gasteiger partial charge on any atom is 0.0551 e. The highest BCUT2D eigenvalue weighted by molar-refractivity contribution is 5.26. The molecule has 1 heterocycles. The molecule has 2 rings (SSSR count). The molecule has 0 saturated carbocycles. The third-order valence-electron chi connectivity index (χ3n) is 3.62. The van der Waals surface area contributed by atoms with Gasteiger partial charge in [0.15, 0.2) is 0 Å². The summed E-state index contributed by atoms with van der Waals surface area (Å²) < 4.78 is 0. The molecule has 0 aliphatic heterocycles. The molecule has 0 spiro atoms. The van der Waals surface area contributed by atoms with Gasteiger partial charge in [-0.1, -0.05) is 37.5 Å². The molecule has 1 N–H and O–H groups in total. The Morgan fingerprint density at radius 1 is 1.28 bits per heavy atom. The van der Waals surface area contributed by atoms with Crippen LogP contribution in [0.3, 0.4) is 0 Å². The third kappa shape index (κ3) is 3.67. The molecule has 2 nitrogen and oxygen atoms in total. The fourth-order valence-electron chi connectivity index (χ4n) is 2.69. The van der Waals surface area contributed by atoms with E-state index in [0.717, 1.165) is 6.54 Å². The maximum absolute atomic E-state index is 4.26. The monoisotopic (exact) mass is 244 g/mol. The van der Waals surface area contributed by atoms with E-state index < -0.39 is 0 Å². The summed E-state index contributed by atoms with van der Waals surface area (Å²) >= 11 is 0. The third-order valence-corrected chi connectivity index (χ3v) is 3.62. The molecule has 1 aliphatic carbocycles. The van der Waals surface area contributed by atoms with Crippen molar-refractivity contribution in [3.8, 4) is 0 Å². The van der Waals surface area contributed by atoms with E-state index in [1.54, 1.807) is 5.57 Å². The predicted octanol–water partition coefficient (Wildman–Crippen LogP) is 4.01. The zero-order valence-corrected chi connectivity index (χ0v) is 11.4. The molecular formula is C16H24N2. The summed E-state index contributed by atoms with van der Waals surface area (Å²) in [5, 5.41) is 3.61. The van der Waals surface area contributed by atoms with Gasteiger partial charge in [-0.15, -0.1) is 0 Å². The Labute approximate surface area is 111 Å². The van der Waals surface area contributed by atoms with E-state index in [2.05, 4.69) is 29.4 Å². The van der Waals surface area contributed by atoms with Crippen molar-refractivity contribution in [2.75, 3.05) is 6.54 Å². The minimum Gasteiger partial charge on any atom is -0.307 e. The Hall–Kier alpha value is -1.15. The van der Waals surface area contributed by atoms with Crippen molar-refractivity contribution in [3.63, 3.8) is 0 Å².